The minimum Gasteiger partial charge on any atom is -0.465 e. The van der Waals surface area contributed by atoms with Crippen molar-refractivity contribution in [1.29, 1.82) is 0 Å². The van der Waals surface area contributed by atoms with E-state index in [1.807, 2.05) is 66.1 Å². The molecule has 0 bridgehead atoms. The molecule has 0 unspecified atom stereocenters. The first-order chi connectivity index (χ1) is 23.0. The van der Waals surface area contributed by atoms with Gasteiger partial charge in [-0.1, -0.05) is 61.0 Å². The second-order valence-electron chi connectivity index (χ2n) is 11.3. The number of carbonyl (C=O) groups is 2. The second kappa shape index (κ2) is 14.4. The molecule has 0 N–H and O–H groups in total. The van der Waals surface area contributed by atoms with E-state index >= 15 is 0 Å². The summed E-state index contributed by atoms with van der Waals surface area (Å²) in [4.78, 5) is 30.0. The van der Waals surface area contributed by atoms with E-state index in [-0.39, 0.29) is 12.7 Å². The predicted octanol–water partition coefficient (Wildman–Crippen LogP) is 6.98. The number of esters is 1. The van der Waals surface area contributed by atoms with E-state index in [4.69, 9.17) is 18.9 Å². The normalized spacial score (nSPS) is 14.1. The third kappa shape index (κ3) is 6.96. The molecule has 6 rings (SSSR count). The number of hydrogen-bond acceptors (Lipinski definition) is 10. The van der Waals surface area contributed by atoms with Crippen LogP contribution in [0.5, 0.6) is 6.01 Å². The molecule has 1 saturated carbocycles. The first-order valence-corrected chi connectivity index (χ1v) is 16.1. The maximum absolute atomic E-state index is 12.8. The molecule has 0 radical (unpaired) electrons. The van der Waals surface area contributed by atoms with Crippen LogP contribution in [0, 0.1) is 0 Å². The van der Waals surface area contributed by atoms with Crippen LogP contribution in [-0.2, 0) is 20.8 Å². The van der Waals surface area contributed by atoms with Crippen molar-refractivity contribution in [3.05, 3.63) is 77.9 Å². The number of benzene rings is 3. The minimum atomic E-state index is -0.782. The van der Waals surface area contributed by atoms with Crippen LogP contribution in [0.2, 0.25) is 0 Å². The van der Waals surface area contributed by atoms with Crippen LogP contribution in [0.3, 0.4) is 0 Å². The van der Waals surface area contributed by atoms with Crippen molar-refractivity contribution in [2.45, 2.75) is 71.8 Å². The summed E-state index contributed by atoms with van der Waals surface area (Å²) in [5.41, 5.74) is 5.36. The van der Waals surface area contributed by atoms with Crippen LogP contribution in [0.1, 0.15) is 75.0 Å². The molecule has 0 amide bonds. The summed E-state index contributed by atoms with van der Waals surface area (Å²) < 4.78 is 25.7. The Balaban J connectivity index is 1.25. The molecule has 2 heterocycles. The summed E-state index contributed by atoms with van der Waals surface area (Å²) >= 11 is 0. The lowest BCUT2D eigenvalue weighted by atomic mass is 9.98. The Hall–Kier alpha value is -5.26. The molecule has 2 aromatic heterocycles. The van der Waals surface area contributed by atoms with E-state index in [9.17, 15) is 9.59 Å². The third-order valence-corrected chi connectivity index (χ3v) is 8.19. The number of nitrogens with zero attached hydrogens (tertiary/aromatic N) is 6. The van der Waals surface area contributed by atoms with E-state index in [1.54, 1.807) is 26.0 Å². The largest absolute Gasteiger partial charge is 0.510 e. The molecule has 0 saturated heterocycles. The SMILES string of the molecule is CCOC(=O)c1cccc2nc(OCC)n(Cc3ccc(-c4ccccc4-c4nnnn4[C@@H](C)OC(=O)OC4CCCCC4)cc3)c12. The fraction of sp³-hybridized carbons (Fsp3) is 0.371. The van der Waals surface area contributed by atoms with E-state index in [0.29, 0.717) is 41.6 Å². The summed E-state index contributed by atoms with van der Waals surface area (Å²) in [6.07, 6.45) is 3.35. The Kier molecular flexibility index (Phi) is 9.75. The molecule has 0 aliphatic heterocycles. The molecule has 1 aliphatic carbocycles. The maximum atomic E-state index is 12.8. The molecule has 47 heavy (non-hydrogen) atoms. The van der Waals surface area contributed by atoms with Crippen LogP contribution in [0.4, 0.5) is 4.79 Å². The summed E-state index contributed by atoms with van der Waals surface area (Å²) in [5.74, 6) is 0.0535. The topological polar surface area (TPSA) is 132 Å². The van der Waals surface area contributed by atoms with Crippen molar-refractivity contribution < 1.29 is 28.5 Å². The number of tetrazole rings is 1. The van der Waals surface area contributed by atoms with Crippen LogP contribution in [0.25, 0.3) is 33.5 Å². The number of rotatable bonds is 11. The Morgan fingerprint density at radius 3 is 2.43 bits per heavy atom. The smallest absolute Gasteiger partial charge is 0.465 e. The van der Waals surface area contributed by atoms with Gasteiger partial charge in [0.15, 0.2) is 12.1 Å². The summed E-state index contributed by atoms with van der Waals surface area (Å²) in [7, 11) is 0. The number of para-hydroxylation sites is 1. The molecule has 12 heteroatoms. The van der Waals surface area contributed by atoms with Gasteiger partial charge in [0.2, 0.25) is 0 Å². The fourth-order valence-electron chi connectivity index (χ4n) is 5.98. The number of hydrogen-bond donors (Lipinski definition) is 0. The first-order valence-electron chi connectivity index (χ1n) is 16.1. The highest BCUT2D eigenvalue weighted by Crippen LogP contribution is 2.33. The monoisotopic (exact) mass is 638 g/mol. The predicted molar refractivity (Wildman–Crippen MR) is 174 cm³/mol. The zero-order chi connectivity index (χ0) is 32.8. The molecule has 244 valence electrons. The molecule has 0 spiro atoms. The molecule has 1 aliphatic rings. The maximum Gasteiger partial charge on any atom is 0.510 e. The Morgan fingerprint density at radius 1 is 0.915 bits per heavy atom. The van der Waals surface area contributed by atoms with Crippen LogP contribution in [-0.4, -0.2) is 61.2 Å². The molecular formula is C35H38N6O6. The van der Waals surface area contributed by atoms with Gasteiger partial charge < -0.3 is 18.9 Å². The standard InChI is InChI=1S/C35H38N6O6/c1-4-44-33(42)29-16-11-17-30-31(29)40(34(36-30)45-5-2)22-24-18-20-25(21-19-24)27-14-9-10-15-28(27)32-37-38-39-41(32)23(3)46-35(43)47-26-12-7-6-8-13-26/h9-11,14-21,23,26H,4-8,12-13,22H2,1-3H3/t23-/m1/s1. The number of aromatic nitrogens is 6. The summed E-state index contributed by atoms with van der Waals surface area (Å²) in [5, 5.41) is 12.3. The summed E-state index contributed by atoms with van der Waals surface area (Å²) in [6, 6.07) is 21.7. The molecule has 3 aromatic carbocycles. The summed E-state index contributed by atoms with van der Waals surface area (Å²) in [6.45, 7) is 6.52. The van der Waals surface area contributed by atoms with Gasteiger partial charge in [-0.15, -0.1) is 5.10 Å². The lowest BCUT2D eigenvalue weighted by molar-refractivity contribution is -0.0284. The second-order valence-corrected chi connectivity index (χ2v) is 11.3. The van der Waals surface area contributed by atoms with E-state index < -0.39 is 18.4 Å². The number of ether oxygens (including phenoxy) is 4. The Labute approximate surface area is 272 Å². The lowest BCUT2D eigenvalue weighted by Gasteiger charge is -2.22. The van der Waals surface area contributed by atoms with Crippen molar-refractivity contribution in [2.24, 2.45) is 0 Å². The number of fused-ring (bicyclic) bond motifs is 1. The number of imidazole rings is 1. The number of carbonyl (C=O) groups excluding carboxylic acids is 2. The molecule has 1 atom stereocenters. The van der Waals surface area contributed by atoms with Gasteiger partial charge in [0, 0.05) is 5.56 Å². The van der Waals surface area contributed by atoms with Gasteiger partial charge in [0.1, 0.15) is 6.10 Å². The van der Waals surface area contributed by atoms with Gasteiger partial charge in [0.25, 0.3) is 6.01 Å². The average molecular weight is 639 g/mol. The highest BCUT2D eigenvalue weighted by molar-refractivity contribution is 6.02. The average Bonchev–Trinajstić information content (AvgIpc) is 3.71. The van der Waals surface area contributed by atoms with Crippen LogP contribution >= 0.6 is 0 Å². The van der Waals surface area contributed by atoms with Crippen molar-refractivity contribution in [2.75, 3.05) is 13.2 Å². The van der Waals surface area contributed by atoms with Gasteiger partial charge in [-0.2, -0.15) is 9.67 Å². The minimum absolute atomic E-state index is 0.113. The van der Waals surface area contributed by atoms with Crippen molar-refractivity contribution >= 4 is 23.2 Å². The lowest BCUT2D eigenvalue weighted by Crippen LogP contribution is -2.24. The molecule has 12 nitrogen and oxygen atoms in total. The van der Waals surface area contributed by atoms with Gasteiger partial charge in [-0.25, -0.2) is 9.59 Å². The van der Waals surface area contributed by atoms with E-state index in [1.165, 1.54) is 4.68 Å². The first kappa shape index (κ1) is 31.7. The zero-order valence-electron chi connectivity index (χ0n) is 26.8. The van der Waals surface area contributed by atoms with Crippen LogP contribution in [0.15, 0.2) is 66.7 Å². The Morgan fingerprint density at radius 2 is 1.68 bits per heavy atom. The molecular weight excluding hydrogens is 600 g/mol. The van der Waals surface area contributed by atoms with Crippen LogP contribution < -0.4 is 4.74 Å². The van der Waals surface area contributed by atoms with Gasteiger partial charge in [0.05, 0.1) is 36.4 Å². The highest BCUT2D eigenvalue weighted by atomic mass is 16.7. The molecule has 1 fully saturated rings. The Bertz CT molecular complexity index is 1840. The van der Waals surface area contributed by atoms with Gasteiger partial charge >= 0.3 is 12.1 Å². The fourth-order valence-corrected chi connectivity index (χ4v) is 5.98. The van der Waals surface area contributed by atoms with E-state index in [0.717, 1.165) is 54.4 Å². The van der Waals surface area contributed by atoms with E-state index in [2.05, 4.69) is 20.5 Å². The molecule has 5 aromatic rings. The zero-order valence-corrected chi connectivity index (χ0v) is 26.8. The highest BCUT2D eigenvalue weighted by Gasteiger charge is 2.24. The van der Waals surface area contributed by atoms with Gasteiger partial charge in [-0.05, 0) is 85.7 Å². The third-order valence-electron chi connectivity index (χ3n) is 8.19. The van der Waals surface area contributed by atoms with Gasteiger partial charge in [-0.3, -0.25) is 4.57 Å². The quantitative estimate of drug-likeness (QED) is 0.140. The van der Waals surface area contributed by atoms with Crippen molar-refractivity contribution in [3.63, 3.8) is 0 Å². The van der Waals surface area contributed by atoms with Crippen molar-refractivity contribution in [1.82, 2.24) is 29.8 Å². The van der Waals surface area contributed by atoms with Crippen molar-refractivity contribution in [3.8, 4) is 28.5 Å².